The third-order valence-corrected chi connectivity index (χ3v) is 5.28. The molecule has 0 spiro atoms. The van der Waals surface area contributed by atoms with E-state index in [2.05, 4.69) is 22.5 Å². The Balaban J connectivity index is 1.50. The van der Waals surface area contributed by atoms with E-state index in [0.717, 1.165) is 18.4 Å². The van der Waals surface area contributed by atoms with Gasteiger partial charge in [0.25, 0.3) is 5.91 Å². The highest BCUT2D eigenvalue weighted by molar-refractivity contribution is 6.32. The molecule has 1 heterocycles. The molecular weight excluding hydrogens is 414 g/mol. The Bertz CT molecular complexity index is 1020. The van der Waals surface area contributed by atoms with Gasteiger partial charge in [0.15, 0.2) is 6.61 Å². The summed E-state index contributed by atoms with van der Waals surface area (Å²) in [6.07, 6.45) is 1.65. The molecule has 0 aliphatic carbocycles. The molecule has 1 N–H and O–H groups in total. The lowest BCUT2D eigenvalue weighted by molar-refractivity contribution is -0.124. The standard InChI is InChI=1S/C24H26ClN3O3/c1-17(13-14-19-9-5-3-6-10-19)26-21(29)16-31-24(30)22-18(2)27-28(23(22)25)15-20-11-7-4-8-12-20/h3-12,17H,13-16H2,1-2H3,(H,26,29). The summed E-state index contributed by atoms with van der Waals surface area (Å²) in [5, 5.41) is 7.39. The minimum absolute atomic E-state index is 0.0367. The summed E-state index contributed by atoms with van der Waals surface area (Å²) in [5.74, 6) is -1.01. The third kappa shape index (κ3) is 6.43. The zero-order valence-electron chi connectivity index (χ0n) is 17.7. The van der Waals surface area contributed by atoms with E-state index in [1.54, 1.807) is 11.6 Å². The number of nitrogens with zero attached hydrogens (tertiary/aromatic N) is 2. The van der Waals surface area contributed by atoms with Gasteiger partial charge in [-0.15, -0.1) is 0 Å². The lowest BCUT2D eigenvalue weighted by atomic mass is 10.1. The average molecular weight is 440 g/mol. The van der Waals surface area contributed by atoms with Crippen LogP contribution in [0.25, 0.3) is 0 Å². The van der Waals surface area contributed by atoms with Crippen LogP contribution in [0.5, 0.6) is 0 Å². The van der Waals surface area contributed by atoms with Gasteiger partial charge in [-0.25, -0.2) is 9.48 Å². The first-order valence-corrected chi connectivity index (χ1v) is 10.6. The molecule has 0 aliphatic heterocycles. The summed E-state index contributed by atoms with van der Waals surface area (Å²) in [4.78, 5) is 24.7. The van der Waals surface area contributed by atoms with Gasteiger partial charge < -0.3 is 10.1 Å². The second kappa shape index (κ2) is 10.8. The summed E-state index contributed by atoms with van der Waals surface area (Å²) >= 11 is 6.37. The van der Waals surface area contributed by atoms with E-state index in [1.165, 1.54) is 5.56 Å². The number of benzene rings is 2. The van der Waals surface area contributed by atoms with Crippen molar-refractivity contribution >= 4 is 23.5 Å². The number of carbonyl (C=O) groups excluding carboxylic acids is 2. The van der Waals surface area contributed by atoms with Crippen LogP contribution in [-0.2, 0) is 22.5 Å². The number of aromatic nitrogens is 2. The van der Waals surface area contributed by atoms with Crippen LogP contribution in [0.3, 0.4) is 0 Å². The summed E-state index contributed by atoms with van der Waals surface area (Å²) < 4.78 is 6.74. The third-order valence-electron chi connectivity index (χ3n) is 4.90. The van der Waals surface area contributed by atoms with Crippen LogP contribution in [0.2, 0.25) is 5.15 Å². The van der Waals surface area contributed by atoms with Gasteiger partial charge in [-0.3, -0.25) is 4.79 Å². The Morgan fingerprint density at radius 3 is 2.32 bits per heavy atom. The first kappa shape index (κ1) is 22.6. The topological polar surface area (TPSA) is 73.2 Å². The van der Waals surface area contributed by atoms with E-state index < -0.39 is 5.97 Å². The Labute approximate surface area is 187 Å². The van der Waals surface area contributed by atoms with E-state index in [4.69, 9.17) is 16.3 Å². The van der Waals surface area contributed by atoms with Crippen LogP contribution in [0.1, 0.15) is 40.5 Å². The first-order chi connectivity index (χ1) is 14.9. The summed E-state index contributed by atoms with van der Waals surface area (Å²) in [6, 6.07) is 19.7. The van der Waals surface area contributed by atoms with Crippen LogP contribution in [-0.4, -0.2) is 34.3 Å². The Morgan fingerprint density at radius 2 is 1.68 bits per heavy atom. The number of nitrogens with one attached hydrogen (secondary N) is 1. The van der Waals surface area contributed by atoms with Gasteiger partial charge in [-0.2, -0.15) is 5.10 Å². The van der Waals surface area contributed by atoms with Gasteiger partial charge in [0, 0.05) is 6.04 Å². The predicted molar refractivity (Wildman–Crippen MR) is 120 cm³/mol. The fourth-order valence-corrected chi connectivity index (χ4v) is 3.58. The van der Waals surface area contributed by atoms with Crippen molar-refractivity contribution in [3.63, 3.8) is 0 Å². The van der Waals surface area contributed by atoms with Crippen LogP contribution >= 0.6 is 11.6 Å². The molecule has 31 heavy (non-hydrogen) atoms. The summed E-state index contributed by atoms with van der Waals surface area (Å²) in [6.45, 7) is 3.69. The van der Waals surface area contributed by atoms with Crippen molar-refractivity contribution in [2.24, 2.45) is 0 Å². The molecule has 162 valence electrons. The van der Waals surface area contributed by atoms with Gasteiger partial charge in [-0.05, 0) is 37.8 Å². The molecule has 1 unspecified atom stereocenters. The molecular formula is C24H26ClN3O3. The maximum atomic E-state index is 12.5. The van der Waals surface area contributed by atoms with E-state index in [9.17, 15) is 9.59 Å². The van der Waals surface area contributed by atoms with Gasteiger partial charge in [0.05, 0.1) is 12.2 Å². The normalized spacial score (nSPS) is 11.7. The highest BCUT2D eigenvalue weighted by atomic mass is 35.5. The number of esters is 1. The lowest BCUT2D eigenvalue weighted by Crippen LogP contribution is -2.36. The molecule has 1 atom stereocenters. The molecule has 0 radical (unpaired) electrons. The molecule has 3 rings (SSSR count). The molecule has 0 fully saturated rings. The van der Waals surface area contributed by atoms with Crippen molar-refractivity contribution in [1.82, 2.24) is 15.1 Å². The van der Waals surface area contributed by atoms with Crippen molar-refractivity contribution in [3.05, 3.63) is 88.2 Å². The van der Waals surface area contributed by atoms with E-state index in [0.29, 0.717) is 12.2 Å². The number of aryl methyl sites for hydroxylation is 2. The van der Waals surface area contributed by atoms with Crippen molar-refractivity contribution in [3.8, 4) is 0 Å². The van der Waals surface area contributed by atoms with E-state index in [1.807, 2.05) is 55.5 Å². The van der Waals surface area contributed by atoms with Crippen molar-refractivity contribution < 1.29 is 14.3 Å². The highest BCUT2D eigenvalue weighted by Crippen LogP contribution is 2.22. The SMILES string of the molecule is Cc1nn(Cc2ccccc2)c(Cl)c1C(=O)OCC(=O)NC(C)CCc1ccccc1. The number of halogens is 1. The van der Waals surface area contributed by atoms with Crippen molar-refractivity contribution in [2.75, 3.05) is 6.61 Å². The van der Waals surface area contributed by atoms with Crippen molar-refractivity contribution in [2.45, 2.75) is 39.3 Å². The Kier molecular flexibility index (Phi) is 7.84. The molecule has 1 aromatic heterocycles. The summed E-state index contributed by atoms with van der Waals surface area (Å²) in [7, 11) is 0. The zero-order chi connectivity index (χ0) is 22.2. The largest absolute Gasteiger partial charge is 0.452 e. The van der Waals surface area contributed by atoms with Gasteiger partial charge >= 0.3 is 5.97 Å². The minimum Gasteiger partial charge on any atom is -0.452 e. The highest BCUT2D eigenvalue weighted by Gasteiger charge is 2.22. The maximum Gasteiger partial charge on any atom is 0.343 e. The van der Waals surface area contributed by atoms with Crippen LogP contribution in [0.4, 0.5) is 0 Å². The first-order valence-electron chi connectivity index (χ1n) is 10.2. The molecule has 3 aromatic rings. The smallest absolute Gasteiger partial charge is 0.343 e. The second-order valence-electron chi connectivity index (χ2n) is 7.46. The van der Waals surface area contributed by atoms with Crippen molar-refractivity contribution in [1.29, 1.82) is 0 Å². The minimum atomic E-state index is -0.658. The number of hydrogen-bond donors (Lipinski definition) is 1. The molecule has 0 bridgehead atoms. The quantitative estimate of drug-likeness (QED) is 0.507. The number of rotatable bonds is 9. The molecule has 0 saturated carbocycles. The van der Waals surface area contributed by atoms with Crippen LogP contribution in [0, 0.1) is 6.92 Å². The summed E-state index contributed by atoms with van der Waals surface area (Å²) in [5.41, 5.74) is 2.87. The molecule has 0 aliphatic rings. The van der Waals surface area contributed by atoms with Gasteiger partial charge in [0.2, 0.25) is 0 Å². The van der Waals surface area contributed by atoms with Crippen LogP contribution in [0.15, 0.2) is 60.7 Å². The Morgan fingerprint density at radius 1 is 1.06 bits per heavy atom. The maximum absolute atomic E-state index is 12.5. The average Bonchev–Trinajstić information content (AvgIpc) is 3.05. The lowest BCUT2D eigenvalue weighted by Gasteiger charge is -2.14. The molecule has 7 heteroatoms. The molecule has 2 aromatic carbocycles. The molecule has 0 saturated heterocycles. The number of ether oxygens (including phenoxy) is 1. The fraction of sp³-hybridized carbons (Fsp3) is 0.292. The zero-order valence-corrected chi connectivity index (χ0v) is 18.4. The molecule has 1 amide bonds. The van der Waals surface area contributed by atoms with E-state index in [-0.39, 0.29) is 29.3 Å². The number of carbonyl (C=O) groups is 2. The number of hydrogen-bond acceptors (Lipinski definition) is 4. The molecule has 6 nitrogen and oxygen atoms in total. The Hall–Kier alpha value is -3.12. The fourth-order valence-electron chi connectivity index (χ4n) is 3.27. The van der Waals surface area contributed by atoms with Crippen LogP contribution < -0.4 is 5.32 Å². The van der Waals surface area contributed by atoms with Gasteiger partial charge in [-0.1, -0.05) is 72.3 Å². The predicted octanol–water partition coefficient (Wildman–Crippen LogP) is 4.19. The monoisotopic (exact) mass is 439 g/mol. The van der Waals surface area contributed by atoms with E-state index >= 15 is 0 Å². The van der Waals surface area contributed by atoms with Gasteiger partial charge in [0.1, 0.15) is 10.7 Å². The second-order valence-corrected chi connectivity index (χ2v) is 7.82. The number of amides is 1.